The smallest absolute Gasteiger partial charge is 0.338 e. The van der Waals surface area contributed by atoms with Crippen LogP contribution in [0.25, 0.3) is 0 Å². The number of carbonyl (C=O) groups is 2. The quantitative estimate of drug-likeness (QED) is 0.755. The van der Waals surface area contributed by atoms with Crippen LogP contribution in [0.5, 0.6) is 0 Å². The van der Waals surface area contributed by atoms with Crippen molar-refractivity contribution in [3.8, 4) is 0 Å². The van der Waals surface area contributed by atoms with Gasteiger partial charge in [-0.2, -0.15) is 0 Å². The van der Waals surface area contributed by atoms with E-state index in [1.807, 2.05) is 0 Å². The molecule has 1 saturated heterocycles. The van der Waals surface area contributed by atoms with Gasteiger partial charge in [-0.25, -0.2) is 14.8 Å². The molecule has 2 heterocycles. The number of rotatable bonds is 2. The Morgan fingerprint density at radius 2 is 1.82 bits per heavy atom. The Labute approximate surface area is 97.0 Å². The van der Waals surface area contributed by atoms with Crippen LogP contribution in [0.15, 0.2) is 12.4 Å². The topological polar surface area (TPSA) is 92.6 Å². The van der Waals surface area contributed by atoms with E-state index < -0.39 is 5.97 Å². The van der Waals surface area contributed by atoms with Crippen molar-refractivity contribution in [2.45, 2.75) is 0 Å². The Hall–Kier alpha value is -2.02. The molecule has 1 amide bonds. The van der Waals surface area contributed by atoms with E-state index in [1.165, 1.54) is 0 Å². The molecule has 0 radical (unpaired) electrons. The van der Waals surface area contributed by atoms with Gasteiger partial charge in [0.15, 0.2) is 0 Å². The van der Waals surface area contributed by atoms with E-state index in [0.29, 0.717) is 26.3 Å². The number of aromatic carboxylic acids is 1. The van der Waals surface area contributed by atoms with E-state index in [-0.39, 0.29) is 17.3 Å². The molecule has 7 heteroatoms. The average Bonchev–Trinajstić information content (AvgIpc) is 2.39. The Morgan fingerprint density at radius 1 is 1.24 bits per heavy atom. The molecule has 0 saturated carbocycles. The lowest BCUT2D eigenvalue weighted by molar-refractivity contribution is 0.0294. The largest absolute Gasteiger partial charge is 0.478 e. The highest BCUT2D eigenvalue weighted by Crippen LogP contribution is 2.03. The van der Waals surface area contributed by atoms with Gasteiger partial charge >= 0.3 is 5.97 Å². The first kappa shape index (κ1) is 11.5. The molecule has 7 nitrogen and oxygen atoms in total. The molecule has 0 bridgehead atoms. The highest BCUT2D eigenvalue weighted by Gasteiger charge is 2.20. The molecule has 0 aromatic carbocycles. The molecule has 1 fully saturated rings. The number of hydrogen-bond donors (Lipinski definition) is 1. The van der Waals surface area contributed by atoms with Crippen molar-refractivity contribution in [2.75, 3.05) is 26.3 Å². The third kappa shape index (κ3) is 2.56. The van der Waals surface area contributed by atoms with Crippen molar-refractivity contribution >= 4 is 11.9 Å². The van der Waals surface area contributed by atoms with Crippen LogP contribution in [-0.2, 0) is 4.74 Å². The molecule has 0 atom stereocenters. The fourth-order valence-corrected chi connectivity index (χ4v) is 1.46. The summed E-state index contributed by atoms with van der Waals surface area (Å²) in [6, 6.07) is 0. The molecular formula is C10H11N3O4. The lowest BCUT2D eigenvalue weighted by Gasteiger charge is -2.25. The summed E-state index contributed by atoms with van der Waals surface area (Å²) < 4.78 is 5.12. The predicted molar refractivity (Wildman–Crippen MR) is 55.7 cm³/mol. The van der Waals surface area contributed by atoms with Gasteiger partial charge in [-0.15, -0.1) is 0 Å². The second-order valence-electron chi connectivity index (χ2n) is 3.51. The average molecular weight is 237 g/mol. The molecular weight excluding hydrogens is 226 g/mol. The van der Waals surface area contributed by atoms with Crippen LogP contribution < -0.4 is 0 Å². The lowest BCUT2D eigenvalue weighted by Crippen LogP contribution is -2.41. The van der Waals surface area contributed by atoms with Crippen LogP contribution in [0, 0.1) is 0 Å². The second kappa shape index (κ2) is 4.88. The Balaban J connectivity index is 2.10. The molecule has 1 aliphatic heterocycles. The molecule has 1 aromatic heterocycles. The summed E-state index contributed by atoms with van der Waals surface area (Å²) >= 11 is 0. The number of amides is 1. The van der Waals surface area contributed by atoms with E-state index in [1.54, 1.807) is 4.90 Å². The van der Waals surface area contributed by atoms with Crippen LogP contribution in [0.3, 0.4) is 0 Å². The van der Waals surface area contributed by atoms with Crippen LogP contribution in [-0.4, -0.2) is 58.2 Å². The second-order valence-corrected chi connectivity index (χ2v) is 3.51. The van der Waals surface area contributed by atoms with Crippen molar-refractivity contribution in [1.29, 1.82) is 0 Å². The molecule has 1 aliphatic rings. The number of morpholine rings is 1. The minimum Gasteiger partial charge on any atom is -0.478 e. The van der Waals surface area contributed by atoms with Gasteiger partial charge in [-0.3, -0.25) is 4.79 Å². The number of nitrogens with zero attached hydrogens (tertiary/aromatic N) is 3. The first-order valence-corrected chi connectivity index (χ1v) is 5.11. The van der Waals surface area contributed by atoms with Gasteiger partial charge in [0.1, 0.15) is 0 Å². The maximum Gasteiger partial charge on any atom is 0.338 e. The molecule has 2 rings (SSSR count). The molecule has 0 aliphatic carbocycles. The van der Waals surface area contributed by atoms with Crippen molar-refractivity contribution in [1.82, 2.24) is 14.9 Å². The van der Waals surface area contributed by atoms with Crippen molar-refractivity contribution in [2.24, 2.45) is 0 Å². The summed E-state index contributed by atoms with van der Waals surface area (Å²) in [4.78, 5) is 31.6. The summed E-state index contributed by atoms with van der Waals surface area (Å²) in [5, 5.41) is 8.67. The molecule has 17 heavy (non-hydrogen) atoms. The minimum atomic E-state index is -1.12. The van der Waals surface area contributed by atoms with Gasteiger partial charge in [0, 0.05) is 25.5 Å². The molecule has 0 unspecified atom stereocenters. The van der Waals surface area contributed by atoms with Gasteiger partial charge in [-0.05, 0) is 0 Å². The summed E-state index contributed by atoms with van der Waals surface area (Å²) in [5.74, 6) is -1.41. The van der Waals surface area contributed by atoms with Crippen LogP contribution in [0.2, 0.25) is 0 Å². The Morgan fingerprint density at radius 3 is 2.35 bits per heavy atom. The first-order chi connectivity index (χ1) is 8.18. The minimum absolute atomic E-state index is 0.0110. The van der Waals surface area contributed by atoms with Gasteiger partial charge in [0.25, 0.3) is 5.91 Å². The Bertz CT molecular complexity index is 426. The molecule has 1 aromatic rings. The third-order valence-corrected chi connectivity index (χ3v) is 2.39. The number of ether oxygens (including phenoxy) is 1. The van der Waals surface area contributed by atoms with Crippen LogP contribution >= 0.6 is 0 Å². The zero-order chi connectivity index (χ0) is 12.3. The summed E-state index contributed by atoms with van der Waals surface area (Å²) in [7, 11) is 0. The molecule has 90 valence electrons. The van der Waals surface area contributed by atoms with E-state index in [9.17, 15) is 9.59 Å². The highest BCUT2D eigenvalue weighted by molar-refractivity contribution is 5.91. The molecule has 1 N–H and O–H groups in total. The number of carboxylic acid groups (broad SMARTS) is 1. The number of hydrogen-bond acceptors (Lipinski definition) is 5. The lowest BCUT2D eigenvalue weighted by atomic mass is 10.3. The third-order valence-electron chi connectivity index (χ3n) is 2.39. The monoisotopic (exact) mass is 237 g/mol. The normalized spacial score (nSPS) is 15.6. The number of aromatic nitrogens is 2. The summed E-state index contributed by atoms with van der Waals surface area (Å²) in [6.07, 6.45) is 2.26. The summed E-state index contributed by atoms with van der Waals surface area (Å²) in [6.45, 7) is 2.00. The maximum atomic E-state index is 11.9. The van der Waals surface area contributed by atoms with Gasteiger partial charge in [0.05, 0.1) is 18.8 Å². The highest BCUT2D eigenvalue weighted by atomic mass is 16.5. The van der Waals surface area contributed by atoms with Crippen molar-refractivity contribution in [3.63, 3.8) is 0 Å². The fraction of sp³-hybridized carbons (Fsp3) is 0.400. The van der Waals surface area contributed by atoms with Crippen LogP contribution in [0.4, 0.5) is 0 Å². The SMILES string of the molecule is O=C(O)c1cnc(C(=O)N2CCOCC2)nc1. The maximum absolute atomic E-state index is 11.9. The van der Waals surface area contributed by atoms with Gasteiger partial charge in [-0.1, -0.05) is 0 Å². The summed E-state index contributed by atoms with van der Waals surface area (Å²) in [5.41, 5.74) is -0.0384. The van der Waals surface area contributed by atoms with E-state index in [0.717, 1.165) is 12.4 Å². The van der Waals surface area contributed by atoms with Gasteiger partial charge < -0.3 is 14.7 Å². The van der Waals surface area contributed by atoms with E-state index >= 15 is 0 Å². The zero-order valence-corrected chi connectivity index (χ0v) is 9.00. The number of carbonyl (C=O) groups excluding carboxylic acids is 1. The number of carboxylic acids is 1. The fourth-order valence-electron chi connectivity index (χ4n) is 1.46. The van der Waals surface area contributed by atoms with Crippen LogP contribution in [0.1, 0.15) is 21.0 Å². The van der Waals surface area contributed by atoms with Crippen molar-refractivity contribution < 1.29 is 19.4 Å². The van der Waals surface area contributed by atoms with Gasteiger partial charge in [0.2, 0.25) is 5.82 Å². The van der Waals surface area contributed by atoms with E-state index in [2.05, 4.69) is 9.97 Å². The first-order valence-electron chi connectivity index (χ1n) is 5.11. The standard InChI is InChI=1S/C10H11N3O4/c14-9(13-1-3-17-4-2-13)8-11-5-7(6-12-8)10(15)16/h5-6H,1-4H2,(H,15,16). The van der Waals surface area contributed by atoms with E-state index in [4.69, 9.17) is 9.84 Å². The zero-order valence-electron chi connectivity index (χ0n) is 9.00. The van der Waals surface area contributed by atoms with Crippen molar-refractivity contribution in [3.05, 3.63) is 23.8 Å². The molecule has 0 spiro atoms. The Kier molecular flexibility index (Phi) is 3.29. The predicted octanol–water partition coefficient (Wildman–Crippen LogP) is -0.353.